The van der Waals surface area contributed by atoms with E-state index in [1.807, 2.05) is 25.3 Å². The molecule has 0 saturated carbocycles. The van der Waals surface area contributed by atoms with Crippen LogP contribution in [0.1, 0.15) is 12.5 Å². The van der Waals surface area contributed by atoms with Crippen molar-refractivity contribution in [3.8, 4) is 11.1 Å². The molecule has 1 aromatic heterocycles. The lowest BCUT2D eigenvalue weighted by Gasteiger charge is -2.11. The fourth-order valence-corrected chi connectivity index (χ4v) is 1.75. The van der Waals surface area contributed by atoms with Gasteiger partial charge < -0.3 is 10.4 Å². The van der Waals surface area contributed by atoms with Crippen LogP contribution in [0.2, 0.25) is 0 Å². The summed E-state index contributed by atoms with van der Waals surface area (Å²) in [4.78, 5) is 4.13. The molecule has 0 amide bonds. The first-order chi connectivity index (χ1) is 8.79. The number of nitrogens with one attached hydrogen (secondary N) is 1. The van der Waals surface area contributed by atoms with Crippen LogP contribution in [-0.2, 0) is 6.54 Å². The molecular formula is C15H18N2O. The largest absolute Gasteiger partial charge is 0.395 e. The first-order valence-corrected chi connectivity index (χ1v) is 6.13. The molecule has 0 unspecified atom stereocenters. The summed E-state index contributed by atoms with van der Waals surface area (Å²) in [7, 11) is 0. The minimum absolute atomic E-state index is 0.118. The average molecular weight is 242 g/mol. The molecule has 1 aromatic carbocycles. The highest BCUT2D eigenvalue weighted by molar-refractivity contribution is 5.62. The van der Waals surface area contributed by atoms with Crippen molar-refractivity contribution in [2.24, 2.45) is 0 Å². The van der Waals surface area contributed by atoms with Crippen molar-refractivity contribution in [1.82, 2.24) is 10.3 Å². The predicted molar refractivity (Wildman–Crippen MR) is 73.1 cm³/mol. The molecule has 2 aromatic rings. The Kier molecular flexibility index (Phi) is 4.45. The molecule has 0 saturated heterocycles. The number of rotatable bonds is 5. The summed E-state index contributed by atoms with van der Waals surface area (Å²) in [5, 5.41) is 12.2. The molecule has 1 heterocycles. The molecule has 18 heavy (non-hydrogen) atoms. The number of aliphatic hydroxyl groups is 1. The second-order valence-electron chi connectivity index (χ2n) is 4.41. The van der Waals surface area contributed by atoms with Crippen molar-refractivity contribution in [1.29, 1.82) is 0 Å². The van der Waals surface area contributed by atoms with Crippen LogP contribution in [0.15, 0.2) is 48.8 Å². The minimum Gasteiger partial charge on any atom is -0.395 e. The monoisotopic (exact) mass is 242 g/mol. The summed E-state index contributed by atoms with van der Waals surface area (Å²) in [6.45, 7) is 2.88. The number of aromatic nitrogens is 1. The molecule has 0 aliphatic heterocycles. The molecule has 3 nitrogen and oxygen atoms in total. The zero-order valence-corrected chi connectivity index (χ0v) is 10.5. The summed E-state index contributed by atoms with van der Waals surface area (Å²) in [5.41, 5.74) is 3.49. The Morgan fingerprint density at radius 1 is 1.22 bits per heavy atom. The molecule has 2 rings (SSSR count). The van der Waals surface area contributed by atoms with Gasteiger partial charge in [0.2, 0.25) is 0 Å². The van der Waals surface area contributed by atoms with E-state index in [1.54, 1.807) is 6.20 Å². The zero-order valence-electron chi connectivity index (χ0n) is 10.5. The van der Waals surface area contributed by atoms with Crippen molar-refractivity contribution in [3.63, 3.8) is 0 Å². The highest BCUT2D eigenvalue weighted by Gasteiger charge is 2.01. The number of pyridine rings is 1. The first-order valence-electron chi connectivity index (χ1n) is 6.13. The van der Waals surface area contributed by atoms with Crippen LogP contribution >= 0.6 is 0 Å². The van der Waals surface area contributed by atoms with Gasteiger partial charge in [0, 0.05) is 25.0 Å². The first kappa shape index (κ1) is 12.7. The van der Waals surface area contributed by atoms with Gasteiger partial charge in [-0.25, -0.2) is 0 Å². The van der Waals surface area contributed by atoms with E-state index in [2.05, 4.69) is 34.6 Å². The predicted octanol–water partition coefficient (Wildman–Crippen LogP) is 2.22. The van der Waals surface area contributed by atoms with Crippen molar-refractivity contribution in [2.45, 2.75) is 19.5 Å². The van der Waals surface area contributed by atoms with E-state index in [0.29, 0.717) is 0 Å². The van der Waals surface area contributed by atoms with Gasteiger partial charge in [0.1, 0.15) is 0 Å². The Morgan fingerprint density at radius 3 is 2.78 bits per heavy atom. The molecule has 0 fully saturated rings. The van der Waals surface area contributed by atoms with Crippen LogP contribution in [0.5, 0.6) is 0 Å². The van der Waals surface area contributed by atoms with Gasteiger partial charge in [-0.2, -0.15) is 0 Å². The molecule has 94 valence electrons. The Hall–Kier alpha value is -1.71. The molecule has 2 N–H and O–H groups in total. The summed E-state index contributed by atoms with van der Waals surface area (Å²) in [6.07, 6.45) is 3.64. The van der Waals surface area contributed by atoms with E-state index in [9.17, 15) is 0 Å². The number of hydrogen-bond donors (Lipinski definition) is 2. The smallest absolute Gasteiger partial charge is 0.0582 e. The molecule has 0 spiro atoms. The standard InChI is InChI=1S/C15H18N2O/c1-12(11-18)17-9-13-4-2-5-14(8-13)15-6-3-7-16-10-15/h2-8,10,12,17-18H,9,11H2,1H3/t12-/m1/s1. The summed E-state index contributed by atoms with van der Waals surface area (Å²) < 4.78 is 0. The molecule has 1 atom stereocenters. The van der Waals surface area contributed by atoms with Gasteiger partial charge in [-0.15, -0.1) is 0 Å². The van der Waals surface area contributed by atoms with E-state index in [4.69, 9.17) is 5.11 Å². The van der Waals surface area contributed by atoms with Crippen LogP contribution in [0.4, 0.5) is 0 Å². The Balaban J connectivity index is 2.11. The lowest BCUT2D eigenvalue weighted by atomic mass is 10.0. The van der Waals surface area contributed by atoms with Gasteiger partial charge in [0.05, 0.1) is 6.61 Å². The Morgan fingerprint density at radius 2 is 2.06 bits per heavy atom. The van der Waals surface area contributed by atoms with Crippen LogP contribution in [0.25, 0.3) is 11.1 Å². The zero-order chi connectivity index (χ0) is 12.8. The second kappa shape index (κ2) is 6.28. The molecule has 0 radical (unpaired) electrons. The third-order valence-corrected chi connectivity index (χ3v) is 2.85. The summed E-state index contributed by atoms with van der Waals surface area (Å²) in [5.74, 6) is 0. The highest BCUT2D eigenvalue weighted by Crippen LogP contribution is 2.19. The Labute approximate surface area is 108 Å². The lowest BCUT2D eigenvalue weighted by molar-refractivity contribution is 0.251. The van der Waals surface area contributed by atoms with Crippen LogP contribution in [0.3, 0.4) is 0 Å². The molecule has 0 aliphatic carbocycles. The van der Waals surface area contributed by atoms with E-state index in [1.165, 1.54) is 11.1 Å². The van der Waals surface area contributed by atoms with Gasteiger partial charge in [-0.1, -0.05) is 24.3 Å². The SMILES string of the molecule is C[C@H](CO)NCc1cccc(-c2cccnc2)c1. The van der Waals surface area contributed by atoms with Gasteiger partial charge in [-0.3, -0.25) is 4.98 Å². The fraction of sp³-hybridized carbons (Fsp3) is 0.267. The van der Waals surface area contributed by atoms with E-state index < -0.39 is 0 Å². The minimum atomic E-state index is 0.118. The number of hydrogen-bond acceptors (Lipinski definition) is 3. The molecule has 0 aliphatic rings. The summed E-state index contributed by atoms with van der Waals surface area (Å²) in [6, 6.07) is 12.5. The van der Waals surface area contributed by atoms with Gasteiger partial charge in [0.25, 0.3) is 0 Å². The van der Waals surface area contributed by atoms with Crippen molar-refractivity contribution in [3.05, 3.63) is 54.4 Å². The number of aliphatic hydroxyl groups excluding tert-OH is 1. The fourth-order valence-electron chi connectivity index (χ4n) is 1.75. The maximum atomic E-state index is 8.97. The van der Waals surface area contributed by atoms with E-state index in [0.717, 1.165) is 12.1 Å². The van der Waals surface area contributed by atoms with Gasteiger partial charge in [-0.05, 0) is 35.7 Å². The molecule has 0 bridgehead atoms. The Bertz CT molecular complexity index is 485. The van der Waals surface area contributed by atoms with Crippen LogP contribution in [-0.4, -0.2) is 22.7 Å². The van der Waals surface area contributed by atoms with Crippen LogP contribution in [0, 0.1) is 0 Å². The average Bonchev–Trinajstić information content (AvgIpc) is 2.46. The summed E-state index contributed by atoms with van der Waals surface area (Å²) >= 11 is 0. The highest BCUT2D eigenvalue weighted by atomic mass is 16.3. The molecule has 3 heteroatoms. The van der Waals surface area contributed by atoms with E-state index >= 15 is 0 Å². The number of benzene rings is 1. The van der Waals surface area contributed by atoms with Crippen molar-refractivity contribution in [2.75, 3.05) is 6.61 Å². The third-order valence-electron chi connectivity index (χ3n) is 2.85. The topological polar surface area (TPSA) is 45.1 Å². The van der Waals surface area contributed by atoms with Gasteiger partial charge in [0.15, 0.2) is 0 Å². The quantitative estimate of drug-likeness (QED) is 0.845. The van der Waals surface area contributed by atoms with Crippen molar-refractivity contribution >= 4 is 0 Å². The van der Waals surface area contributed by atoms with E-state index in [-0.39, 0.29) is 12.6 Å². The normalized spacial score (nSPS) is 12.3. The van der Waals surface area contributed by atoms with Gasteiger partial charge >= 0.3 is 0 Å². The third kappa shape index (κ3) is 3.39. The second-order valence-corrected chi connectivity index (χ2v) is 4.41. The molecular weight excluding hydrogens is 224 g/mol. The maximum absolute atomic E-state index is 8.97. The maximum Gasteiger partial charge on any atom is 0.0582 e. The number of nitrogens with zero attached hydrogens (tertiary/aromatic N) is 1. The van der Waals surface area contributed by atoms with Crippen molar-refractivity contribution < 1.29 is 5.11 Å². The van der Waals surface area contributed by atoms with Crippen LogP contribution < -0.4 is 5.32 Å². The lowest BCUT2D eigenvalue weighted by Crippen LogP contribution is -2.28.